The van der Waals surface area contributed by atoms with Crippen molar-refractivity contribution < 1.29 is 30.6 Å². The van der Waals surface area contributed by atoms with Gasteiger partial charge in [-0.1, -0.05) is 193 Å². The van der Waals surface area contributed by atoms with E-state index < -0.39 is 20.6 Å². The number of aromatic nitrogens is 4. The number of aryl methyl sites for hydroxylation is 14. The summed E-state index contributed by atoms with van der Waals surface area (Å²) in [7, 11) is 7.93. The summed E-state index contributed by atoms with van der Waals surface area (Å²) in [4.78, 5) is 0. The Bertz CT molecular complexity index is 4660. The Morgan fingerprint density at radius 1 is 0.221 bits per heavy atom. The maximum absolute atomic E-state index is 7.93. The normalized spacial score (nSPS) is 12.7. The lowest BCUT2D eigenvalue weighted by molar-refractivity contribution is -0.660. The van der Waals surface area contributed by atoms with Gasteiger partial charge in [-0.3, -0.25) is 0 Å². The lowest BCUT2D eigenvalue weighted by Gasteiger charge is -2.10. The predicted molar refractivity (Wildman–Crippen MR) is 361 cm³/mol. The molecule has 0 unspecified atom stereocenters. The molecule has 0 atom stereocenters. The molecule has 0 N–H and O–H groups in total. The highest BCUT2D eigenvalue weighted by molar-refractivity contribution is 5.76. The topological polar surface area (TPSA) is 15.5 Å². The van der Waals surface area contributed by atoms with Gasteiger partial charge in [0.15, 0.2) is 24.8 Å². The Morgan fingerprint density at radius 3 is 0.791 bits per heavy atom. The number of benzene rings is 8. The first-order valence-corrected chi connectivity index (χ1v) is 29.2. The van der Waals surface area contributed by atoms with Crippen LogP contribution >= 0.6 is 0 Å². The van der Waals surface area contributed by atoms with Crippen LogP contribution in [0.15, 0.2) is 255 Å². The zero-order chi connectivity index (χ0) is 68.5. The van der Waals surface area contributed by atoms with Gasteiger partial charge in [0, 0.05) is 81.1 Å². The van der Waals surface area contributed by atoms with Crippen molar-refractivity contribution in [2.24, 2.45) is 28.2 Å². The van der Waals surface area contributed by atoms with E-state index in [0.29, 0.717) is 16.7 Å². The Kier molecular flexibility index (Phi) is 16.1. The van der Waals surface area contributed by atoms with E-state index in [0.717, 1.165) is 50.3 Å². The van der Waals surface area contributed by atoms with Crippen LogP contribution in [-0.4, -0.2) is 0 Å². The maximum atomic E-state index is 7.93. The van der Waals surface area contributed by atoms with Gasteiger partial charge in [0.25, 0.3) is 0 Å². The van der Waals surface area contributed by atoms with Gasteiger partial charge in [0.2, 0.25) is 22.8 Å². The number of pyridine rings is 4. The third-order valence-corrected chi connectivity index (χ3v) is 15.8. The third kappa shape index (κ3) is 14.5. The summed E-state index contributed by atoms with van der Waals surface area (Å²) in [6, 6.07) is 77.2. The zero-order valence-corrected chi connectivity index (χ0v) is 51.5. The summed E-state index contributed by atoms with van der Waals surface area (Å²) >= 11 is 0. The van der Waals surface area contributed by atoms with Crippen molar-refractivity contribution in [2.75, 3.05) is 0 Å². The van der Waals surface area contributed by atoms with E-state index in [4.69, 9.17) is 12.3 Å². The van der Waals surface area contributed by atoms with Crippen molar-refractivity contribution in [3.05, 3.63) is 311 Å². The van der Waals surface area contributed by atoms with Crippen LogP contribution in [0.3, 0.4) is 0 Å². The smallest absolute Gasteiger partial charge is 0.201 e. The van der Waals surface area contributed by atoms with E-state index in [9.17, 15) is 0 Å². The van der Waals surface area contributed by atoms with Crippen LogP contribution in [0, 0.1) is 69.0 Å². The van der Waals surface area contributed by atoms with Crippen molar-refractivity contribution in [1.82, 2.24) is 0 Å². The van der Waals surface area contributed by atoms with Gasteiger partial charge in [-0.25, -0.2) is 18.3 Å². The largest absolute Gasteiger partial charge is 0.213 e. The number of rotatable bonds is 8. The van der Waals surface area contributed by atoms with Crippen molar-refractivity contribution in [1.29, 1.82) is 0 Å². The summed E-state index contributed by atoms with van der Waals surface area (Å²) < 4.78 is 78.4. The quantitative estimate of drug-likeness (QED) is 0.135. The minimum absolute atomic E-state index is 0.279. The van der Waals surface area contributed by atoms with Crippen LogP contribution in [0.25, 0.3) is 89.5 Å². The van der Waals surface area contributed by atoms with Gasteiger partial charge >= 0.3 is 0 Å². The van der Waals surface area contributed by atoms with Gasteiger partial charge in [0.05, 0.1) is 0 Å². The van der Waals surface area contributed by atoms with Gasteiger partial charge in [-0.2, -0.15) is 0 Å². The average Bonchev–Trinajstić information content (AvgIpc) is 0.799. The molecule has 12 rings (SSSR count). The number of hydrogen-bond donors (Lipinski definition) is 0. The lowest BCUT2D eigenvalue weighted by atomic mass is 9.97. The third-order valence-electron chi connectivity index (χ3n) is 15.8. The van der Waals surface area contributed by atoms with Gasteiger partial charge in [-0.05, 0) is 160 Å². The Hall–Kier alpha value is -9.64. The van der Waals surface area contributed by atoms with Crippen molar-refractivity contribution >= 4 is 0 Å². The van der Waals surface area contributed by atoms with Crippen LogP contribution in [0.2, 0.25) is 0 Å². The summed E-state index contributed by atoms with van der Waals surface area (Å²) in [6.07, 6.45) is 7.81. The summed E-state index contributed by atoms with van der Waals surface area (Å²) in [5, 5.41) is 0. The maximum Gasteiger partial charge on any atom is 0.213 e. The SMILES string of the molecule is Cc1c[n+](C)c(-c2ccccc2C)cc1-c1ccccc1.Cc1ccc(-c2cc(-c3ccccc3)c(C)c[n+]2C)c(C)c1.[2H]C([2H])([2H])c1c[n+](C)c(-c2ccccc2C)cc1-c1ccccc1.[2H]C([2H])([2H])c1ccc(-c2cc(-c3ccccc3)c(C([2H])([2H])[2H])c[n+]2C)c(C)c1. The molecule has 428 valence electrons. The Labute approximate surface area is 526 Å². The Morgan fingerprint density at radius 2 is 0.488 bits per heavy atom. The summed E-state index contributed by atoms with van der Waals surface area (Å²) in [6.45, 7) is 8.20. The van der Waals surface area contributed by atoms with Crippen molar-refractivity contribution in [3.8, 4) is 89.5 Å². The van der Waals surface area contributed by atoms with E-state index in [1.54, 1.807) is 42.2 Å². The minimum Gasteiger partial charge on any atom is -0.201 e. The molecular formula is C82H84N4+4. The molecule has 0 spiro atoms. The molecule has 4 heterocycles. The lowest BCUT2D eigenvalue weighted by Crippen LogP contribution is -2.31. The van der Waals surface area contributed by atoms with Gasteiger partial charge < -0.3 is 0 Å². The number of nitrogens with zero attached hydrogens (tertiary/aromatic N) is 4. The van der Waals surface area contributed by atoms with Crippen LogP contribution in [0.1, 0.15) is 68.0 Å². The molecule has 4 aromatic heterocycles. The molecule has 0 radical (unpaired) electrons. The molecule has 8 aromatic carbocycles. The molecule has 0 saturated heterocycles. The molecular weight excluding hydrogens is 1040 g/mol. The van der Waals surface area contributed by atoms with Crippen LogP contribution < -0.4 is 18.3 Å². The predicted octanol–water partition coefficient (Wildman–Crippen LogP) is 18.5. The first kappa shape index (κ1) is 49.8. The zero-order valence-electron chi connectivity index (χ0n) is 60.5. The van der Waals surface area contributed by atoms with E-state index in [1.807, 2.05) is 103 Å². The highest BCUT2D eigenvalue weighted by Crippen LogP contribution is 2.33. The first-order chi connectivity index (χ1) is 45.1. The van der Waals surface area contributed by atoms with Gasteiger partial charge in [-0.15, -0.1) is 0 Å². The van der Waals surface area contributed by atoms with Crippen molar-refractivity contribution in [3.63, 3.8) is 0 Å². The van der Waals surface area contributed by atoms with Crippen LogP contribution in [0.4, 0.5) is 0 Å². The molecule has 0 amide bonds. The number of hydrogen-bond acceptors (Lipinski definition) is 0. The molecule has 4 nitrogen and oxygen atoms in total. The second-order valence-corrected chi connectivity index (χ2v) is 22.4. The molecule has 0 bridgehead atoms. The highest BCUT2D eigenvalue weighted by Gasteiger charge is 2.21. The van der Waals surface area contributed by atoms with E-state index in [1.165, 1.54) is 72.6 Å². The fourth-order valence-electron chi connectivity index (χ4n) is 11.3. The first-order valence-electron chi connectivity index (χ1n) is 33.7. The molecule has 0 aliphatic heterocycles. The standard InChI is InChI=1S/2C21H22N.2C20H20N/c2*1-15-10-11-19(16(2)12-15)21-13-20(17(3)14-22(21)4)18-8-6-5-7-9-18;2*1-15-9-7-8-12-18(15)20-13-19(16(2)14-21(20)3)17-10-5-4-6-11-17/h2*5-14H,1-4H3;2*4-14H,1-3H3/q4*+1/i1D3,3D3;;2D3;. The van der Waals surface area contributed by atoms with Crippen molar-refractivity contribution in [2.45, 2.75) is 69.0 Å². The molecule has 86 heavy (non-hydrogen) atoms. The van der Waals surface area contributed by atoms with E-state index in [-0.39, 0.29) is 5.56 Å². The fourth-order valence-corrected chi connectivity index (χ4v) is 11.3. The van der Waals surface area contributed by atoms with Crippen LogP contribution in [0.5, 0.6) is 0 Å². The molecule has 0 aliphatic carbocycles. The monoisotopic (exact) mass is 1130 g/mol. The molecule has 0 fully saturated rings. The fraction of sp³-hybridized carbons (Fsp3) is 0.171. The van der Waals surface area contributed by atoms with Crippen LogP contribution in [-0.2, 0) is 28.2 Å². The second kappa shape index (κ2) is 27.8. The molecule has 0 saturated carbocycles. The molecule has 0 aliphatic rings. The average molecular weight is 1130 g/mol. The highest BCUT2D eigenvalue weighted by atomic mass is 14.9. The Balaban J connectivity index is 0.000000150. The van der Waals surface area contributed by atoms with E-state index in [2.05, 4.69) is 205 Å². The summed E-state index contributed by atoms with van der Waals surface area (Å²) in [5.74, 6) is 0. The molecule has 12 aromatic rings. The minimum atomic E-state index is -2.25. The van der Waals surface area contributed by atoms with E-state index >= 15 is 0 Å². The summed E-state index contributed by atoms with van der Waals surface area (Å²) in [5.41, 5.74) is 26.6. The second-order valence-electron chi connectivity index (χ2n) is 22.4. The van der Waals surface area contributed by atoms with Gasteiger partial charge in [0.1, 0.15) is 28.2 Å². The molecule has 4 heteroatoms.